The number of hydrogen-bond donors (Lipinski definition) is 1. The Bertz CT molecular complexity index is 698. The van der Waals surface area contributed by atoms with Gasteiger partial charge in [0.1, 0.15) is 0 Å². The van der Waals surface area contributed by atoms with Crippen molar-refractivity contribution >= 4 is 11.9 Å². The van der Waals surface area contributed by atoms with E-state index in [4.69, 9.17) is 0 Å². The molecule has 1 aromatic carbocycles. The molecule has 0 spiro atoms. The molecule has 0 bridgehead atoms. The maximum atomic E-state index is 4.22. The molecule has 2 unspecified atom stereocenters. The zero-order valence-corrected chi connectivity index (χ0v) is 16.2. The molecule has 0 heterocycles. The van der Waals surface area contributed by atoms with Gasteiger partial charge in [-0.25, -0.2) is 0 Å². The molecular weight excluding hydrogens is 322 g/mol. The van der Waals surface area contributed by atoms with Crippen molar-refractivity contribution < 1.29 is 0 Å². The molecule has 1 aromatic rings. The van der Waals surface area contributed by atoms with Crippen molar-refractivity contribution in [2.24, 2.45) is 11.3 Å². The fraction of sp³-hybridized carbons (Fsp3) is 0.304. The predicted molar refractivity (Wildman–Crippen MR) is 112 cm³/mol. The van der Waals surface area contributed by atoms with Crippen LogP contribution in [0.1, 0.15) is 32.3 Å². The van der Waals surface area contributed by atoms with Crippen LogP contribution in [0.25, 0.3) is 0 Å². The van der Waals surface area contributed by atoms with Crippen LogP contribution >= 0.6 is 11.9 Å². The fourth-order valence-electron chi connectivity index (χ4n) is 2.89. The molecule has 1 fully saturated rings. The summed E-state index contributed by atoms with van der Waals surface area (Å²) in [6.07, 6.45) is 13.4. The summed E-state index contributed by atoms with van der Waals surface area (Å²) >= 11 is 1.65. The van der Waals surface area contributed by atoms with Gasteiger partial charge >= 0.3 is 0 Å². The Morgan fingerprint density at radius 2 is 2.20 bits per heavy atom. The largest absolute Gasteiger partial charge is 0.329 e. The number of hydrogen-bond acceptors (Lipinski definition) is 2. The first-order valence-electron chi connectivity index (χ1n) is 8.81. The number of benzene rings is 1. The second-order valence-corrected chi connectivity index (χ2v) is 7.63. The summed E-state index contributed by atoms with van der Waals surface area (Å²) in [4.78, 5) is 1.22. The van der Waals surface area contributed by atoms with Gasteiger partial charge in [-0.15, -0.1) is 6.58 Å². The number of nitrogens with one attached hydrogen (secondary N) is 1. The Kier molecular flexibility index (Phi) is 6.95. The number of aryl methyl sites for hydroxylation is 1. The highest BCUT2D eigenvalue weighted by molar-refractivity contribution is 7.97. The Morgan fingerprint density at radius 3 is 2.84 bits per heavy atom. The molecule has 1 saturated carbocycles. The van der Waals surface area contributed by atoms with E-state index >= 15 is 0 Å². The first-order valence-corrected chi connectivity index (χ1v) is 9.63. The molecule has 0 radical (unpaired) electrons. The van der Waals surface area contributed by atoms with E-state index < -0.39 is 0 Å². The van der Waals surface area contributed by atoms with Crippen molar-refractivity contribution in [2.45, 2.75) is 38.0 Å². The molecule has 25 heavy (non-hydrogen) atoms. The summed E-state index contributed by atoms with van der Waals surface area (Å²) < 4.78 is 3.44. The fourth-order valence-corrected chi connectivity index (χ4v) is 3.73. The van der Waals surface area contributed by atoms with E-state index in [0.29, 0.717) is 5.92 Å². The smallest absolute Gasteiger partial charge is 0.0287 e. The van der Waals surface area contributed by atoms with Gasteiger partial charge in [-0.3, -0.25) is 0 Å². The second kappa shape index (κ2) is 8.96. The summed E-state index contributed by atoms with van der Waals surface area (Å²) in [5, 5.41) is 0. The van der Waals surface area contributed by atoms with Crippen LogP contribution in [0.3, 0.4) is 0 Å². The number of allylic oxidation sites excluding steroid dienone is 7. The third-order valence-electron chi connectivity index (χ3n) is 4.99. The SMILES string of the molecule is C=C/C=C\C(=C/C)CCc1cccc(SNC(=C)C2(C)CC2C=C)c1. The molecule has 132 valence electrons. The minimum atomic E-state index is 0.171. The summed E-state index contributed by atoms with van der Waals surface area (Å²) in [5.41, 5.74) is 3.95. The third-order valence-corrected chi connectivity index (χ3v) is 5.82. The summed E-state index contributed by atoms with van der Waals surface area (Å²) in [6.45, 7) is 16.2. The van der Waals surface area contributed by atoms with Crippen LogP contribution in [0.5, 0.6) is 0 Å². The molecule has 0 saturated heterocycles. The molecule has 2 rings (SSSR count). The Labute approximate surface area is 157 Å². The monoisotopic (exact) mass is 351 g/mol. The van der Waals surface area contributed by atoms with E-state index in [-0.39, 0.29) is 5.41 Å². The van der Waals surface area contributed by atoms with Gasteiger partial charge in [-0.1, -0.05) is 68.2 Å². The average molecular weight is 352 g/mol. The summed E-state index contributed by atoms with van der Waals surface area (Å²) in [6, 6.07) is 8.72. The quantitative estimate of drug-likeness (QED) is 0.288. The lowest BCUT2D eigenvalue weighted by Crippen LogP contribution is -2.13. The average Bonchev–Trinajstić information content (AvgIpc) is 3.32. The third kappa shape index (κ3) is 5.27. The van der Waals surface area contributed by atoms with Gasteiger partial charge in [-0.05, 0) is 61.7 Å². The molecule has 1 N–H and O–H groups in total. The lowest BCUT2D eigenvalue weighted by molar-refractivity contribution is 0.626. The van der Waals surface area contributed by atoms with Crippen LogP contribution in [0.4, 0.5) is 0 Å². The van der Waals surface area contributed by atoms with Crippen LogP contribution in [0.15, 0.2) is 90.5 Å². The highest BCUT2D eigenvalue weighted by Crippen LogP contribution is 2.57. The normalized spacial score (nSPS) is 22.6. The summed E-state index contributed by atoms with van der Waals surface area (Å²) in [7, 11) is 0. The van der Waals surface area contributed by atoms with Crippen molar-refractivity contribution in [3.05, 3.63) is 91.2 Å². The molecular formula is C23H29NS. The van der Waals surface area contributed by atoms with Gasteiger partial charge < -0.3 is 4.72 Å². The van der Waals surface area contributed by atoms with Crippen LogP contribution in [-0.4, -0.2) is 0 Å². The van der Waals surface area contributed by atoms with Crippen LogP contribution < -0.4 is 4.72 Å². The van der Waals surface area contributed by atoms with Crippen molar-refractivity contribution in [3.8, 4) is 0 Å². The standard InChI is InChI=1S/C23H29NS/c1-6-9-11-19(7-2)14-15-20-12-10-13-22(16-20)25-24-18(4)23(5)17-21(23)8-3/h6-13,16,21,24H,1,3-4,14-15,17H2,2,5H3/b11-9-,19-7+. The zero-order valence-electron chi connectivity index (χ0n) is 15.4. The highest BCUT2D eigenvalue weighted by atomic mass is 32.2. The van der Waals surface area contributed by atoms with Gasteiger partial charge in [0.15, 0.2) is 0 Å². The maximum Gasteiger partial charge on any atom is 0.0287 e. The van der Waals surface area contributed by atoms with Crippen molar-refractivity contribution in [1.82, 2.24) is 4.72 Å². The maximum absolute atomic E-state index is 4.22. The molecule has 1 nitrogen and oxygen atoms in total. The lowest BCUT2D eigenvalue weighted by atomic mass is 10.0. The topological polar surface area (TPSA) is 12.0 Å². The van der Waals surface area contributed by atoms with Gasteiger partial charge in [0.25, 0.3) is 0 Å². The lowest BCUT2D eigenvalue weighted by Gasteiger charge is -2.16. The molecule has 2 heteroatoms. The molecule has 0 aromatic heterocycles. The molecule has 1 aliphatic rings. The molecule has 2 atom stereocenters. The number of rotatable bonds is 10. The zero-order chi connectivity index (χ0) is 18.3. The van der Waals surface area contributed by atoms with Gasteiger partial charge in [0.05, 0.1) is 0 Å². The minimum Gasteiger partial charge on any atom is -0.329 e. The van der Waals surface area contributed by atoms with Crippen molar-refractivity contribution in [1.29, 1.82) is 0 Å². The van der Waals surface area contributed by atoms with E-state index in [1.807, 2.05) is 18.2 Å². The van der Waals surface area contributed by atoms with Gasteiger partial charge in [-0.2, -0.15) is 0 Å². The minimum absolute atomic E-state index is 0.171. The van der Waals surface area contributed by atoms with Crippen LogP contribution in [0, 0.1) is 11.3 Å². The van der Waals surface area contributed by atoms with Crippen LogP contribution in [-0.2, 0) is 6.42 Å². The first-order chi connectivity index (χ1) is 12.0. The molecule has 1 aliphatic carbocycles. The Hall–Kier alpha value is -1.93. The van der Waals surface area contributed by atoms with Crippen molar-refractivity contribution in [2.75, 3.05) is 0 Å². The highest BCUT2D eigenvalue weighted by Gasteiger charge is 2.50. The van der Waals surface area contributed by atoms with E-state index in [2.05, 4.69) is 74.7 Å². The van der Waals surface area contributed by atoms with E-state index in [0.717, 1.165) is 25.0 Å². The van der Waals surface area contributed by atoms with Gasteiger partial charge in [0.2, 0.25) is 0 Å². The van der Waals surface area contributed by atoms with Gasteiger partial charge in [0, 0.05) is 16.0 Å². The molecule has 0 amide bonds. The van der Waals surface area contributed by atoms with Crippen molar-refractivity contribution in [3.63, 3.8) is 0 Å². The molecule has 0 aliphatic heterocycles. The second-order valence-electron chi connectivity index (χ2n) is 6.75. The van der Waals surface area contributed by atoms with Crippen LogP contribution in [0.2, 0.25) is 0 Å². The van der Waals surface area contributed by atoms with E-state index in [9.17, 15) is 0 Å². The first kappa shape index (κ1) is 19.4. The van der Waals surface area contributed by atoms with E-state index in [1.54, 1.807) is 11.9 Å². The van der Waals surface area contributed by atoms with E-state index in [1.165, 1.54) is 16.0 Å². The Morgan fingerprint density at radius 1 is 1.40 bits per heavy atom. The summed E-state index contributed by atoms with van der Waals surface area (Å²) in [5.74, 6) is 0.558. The predicted octanol–water partition coefficient (Wildman–Crippen LogP) is 6.63. The Balaban J connectivity index is 1.88.